The summed E-state index contributed by atoms with van der Waals surface area (Å²) < 4.78 is 5.07. The van der Waals surface area contributed by atoms with Crippen molar-refractivity contribution in [3.05, 3.63) is 11.6 Å². The molecule has 1 N–H and O–H groups in total. The summed E-state index contributed by atoms with van der Waals surface area (Å²) in [5.74, 6) is 1.82. The van der Waals surface area contributed by atoms with Crippen molar-refractivity contribution in [3.63, 3.8) is 0 Å². The van der Waals surface area contributed by atoms with E-state index >= 15 is 0 Å². The molecule has 0 fully saturated rings. The van der Waals surface area contributed by atoms with Gasteiger partial charge in [-0.05, 0) is 6.92 Å². The van der Waals surface area contributed by atoms with E-state index in [1.54, 1.807) is 7.11 Å². The Balaban J connectivity index is 2.52. The van der Waals surface area contributed by atoms with Gasteiger partial charge in [0, 0.05) is 13.5 Å². The molecule has 68 valence electrons. The lowest BCUT2D eigenvalue weighted by molar-refractivity contribution is 0.117. The van der Waals surface area contributed by atoms with Gasteiger partial charge in [-0.25, -0.2) is 4.98 Å². The van der Waals surface area contributed by atoms with Crippen LogP contribution < -0.4 is 0 Å². The number of ether oxygens (including phenoxy) is 1. The average Bonchev–Trinajstić information content (AvgIpc) is 2.52. The smallest absolute Gasteiger partial charge is 0.153 e. The maximum absolute atomic E-state index is 5.55. The molecule has 1 aromatic rings. The first kappa shape index (κ1) is 9.48. The molecule has 0 aromatic carbocycles. The van der Waals surface area contributed by atoms with Crippen molar-refractivity contribution < 1.29 is 4.74 Å². The monoisotopic (exact) mass is 189 g/mol. The molecular formula is C7H12ClN3O. The number of aromatic nitrogens is 3. The Morgan fingerprint density at radius 2 is 2.42 bits per heavy atom. The summed E-state index contributed by atoms with van der Waals surface area (Å²) in [6, 6.07) is 0. The molecule has 0 saturated carbocycles. The lowest BCUT2D eigenvalue weighted by Crippen LogP contribution is -2.09. The number of rotatable bonds is 4. The molecule has 0 bridgehead atoms. The van der Waals surface area contributed by atoms with E-state index in [-0.39, 0.29) is 6.10 Å². The van der Waals surface area contributed by atoms with Crippen LogP contribution in [0.3, 0.4) is 0 Å². The van der Waals surface area contributed by atoms with Crippen LogP contribution in [0.4, 0.5) is 0 Å². The van der Waals surface area contributed by atoms with Crippen molar-refractivity contribution in [1.82, 2.24) is 15.2 Å². The molecule has 1 unspecified atom stereocenters. The van der Waals surface area contributed by atoms with Gasteiger partial charge in [0.05, 0.1) is 12.0 Å². The van der Waals surface area contributed by atoms with Gasteiger partial charge in [0.2, 0.25) is 0 Å². The van der Waals surface area contributed by atoms with Gasteiger partial charge in [-0.15, -0.1) is 11.6 Å². The maximum Gasteiger partial charge on any atom is 0.153 e. The van der Waals surface area contributed by atoms with E-state index in [4.69, 9.17) is 16.3 Å². The Morgan fingerprint density at radius 1 is 1.67 bits per heavy atom. The average molecular weight is 190 g/mol. The van der Waals surface area contributed by atoms with E-state index in [0.717, 1.165) is 5.82 Å². The second-order valence-electron chi connectivity index (χ2n) is 2.58. The molecule has 0 aliphatic carbocycles. The number of nitrogens with one attached hydrogen (secondary N) is 1. The largest absolute Gasteiger partial charge is 0.381 e. The molecule has 4 nitrogen and oxygen atoms in total. The molecule has 1 heterocycles. The van der Waals surface area contributed by atoms with E-state index in [9.17, 15) is 0 Å². The van der Waals surface area contributed by atoms with Crippen molar-refractivity contribution in [2.75, 3.05) is 7.11 Å². The number of aromatic amines is 1. The number of alkyl halides is 1. The third kappa shape index (κ3) is 2.46. The number of methoxy groups -OCH3 is 1. The molecule has 0 amide bonds. The summed E-state index contributed by atoms with van der Waals surface area (Å²) in [5, 5.41) is 6.71. The van der Waals surface area contributed by atoms with Crippen LogP contribution in [0.5, 0.6) is 0 Å². The Morgan fingerprint density at radius 3 is 2.92 bits per heavy atom. The predicted molar refractivity (Wildman–Crippen MR) is 46.1 cm³/mol. The highest BCUT2D eigenvalue weighted by Crippen LogP contribution is 2.01. The van der Waals surface area contributed by atoms with E-state index in [1.807, 2.05) is 6.92 Å². The fourth-order valence-electron chi connectivity index (χ4n) is 0.826. The Kier molecular flexibility index (Phi) is 3.49. The maximum atomic E-state index is 5.55. The molecule has 0 radical (unpaired) electrons. The molecule has 0 aliphatic rings. The molecule has 1 atom stereocenters. The van der Waals surface area contributed by atoms with Crippen molar-refractivity contribution >= 4 is 11.6 Å². The number of nitrogens with zero attached hydrogens (tertiary/aromatic N) is 2. The molecule has 1 rings (SSSR count). The second-order valence-corrected chi connectivity index (χ2v) is 2.85. The van der Waals surface area contributed by atoms with Crippen LogP contribution in [0, 0.1) is 0 Å². The van der Waals surface area contributed by atoms with E-state index in [1.165, 1.54) is 0 Å². The standard InChI is InChI=1S/C7H12ClN3O/c1-5(12-2)3-6-9-7(4-8)11-10-6/h5H,3-4H2,1-2H3,(H,9,10,11). The van der Waals surface area contributed by atoms with E-state index < -0.39 is 0 Å². The minimum atomic E-state index is 0.143. The number of hydrogen-bond donors (Lipinski definition) is 1. The third-order valence-corrected chi connectivity index (χ3v) is 1.83. The van der Waals surface area contributed by atoms with Crippen molar-refractivity contribution in [2.45, 2.75) is 25.3 Å². The Hall–Kier alpha value is -0.610. The molecule has 0 saturated heterocycles. The number of halogens is 1. The normalized spacial score (nSPS) is 13.2. The van der Waals surface area contributed by atoms with Crippen LogP contribution >= 0.6 is 11.6 Å². The Bertz CT molecular complexity index is 238. The Labute approximate surface area is 76.3 Å². The van der Waals surface area contributed by atoms with Crippen LogP contribution in [0.2, 0.25) is 0 Å². The van der Waals surface area contributed by atoms with Crippen molar-refractivity contribution in [3.8, 4) is 0 Å². The van der Waals surface area contributed by atoms with Gasteiger partial charge in [0.25, 0.3) is 0 Å². The molecule has 12 heavy (non-hydrogen) atoms. The zero-order valence-electron chi connectivity index (χ0n) is 7.17. The van der Waals surface area contributed by atoms with Crippen LogP contribution in [0.25, 0.3) is 0 Å². The van der Waals surface area contributed by atoms with Gasteiger partial charge < -0.3 is 4.74 Å². The first-order valence-electron chi connectivity index (χ1n) is 3.75. The molecule has 0 aliphatic heterocycles. The van der Waals surface area contributed by atoms with Crippen LogP contribution in [-0.4, -0.2) is 28.4 Å². The van der Waals surface area contributed by atoms with Gasteiger partial charge in [0.15, 0.2) is 5.82 Å². The molecule has 0 spiro atoms. The van der Waals surface area contributed by atoms with E-state index in [2.05, 4.69) is 15.2 Å². The van der Waals surface area contributed by atoms with E-state index in [0.29, 0.717) is 18.1 Å². The van der Waals surface area contributed by atoms with Crippen molar-refractivity contribution in [1.29, 1.82) is 0 Å². The fourth-order valence-corrected chi connectivity index (χ4v) is 0.946. The van der Waals surface area contributed by atoms with Crippen LogP contribution in [0.15, 0.2) is 0 Å². The molecular weight excluding hydrogens is 178 g/mol. The zero-order valence-corrected chi connectivity index (χ0v) is 7.93. The minimum Gasteiger partial charge on any atom is -0.381 e. The molecule has 1 aromatic heterocycles. The first-order valence-corrected chi connectivity index (χ1v) is 4.28. The summed E-state index contributed by atoms with van der Waals surface area (Å²) in [6.07, 6.45) is 0.855. The van der Waals surface area contributed by atoms with Gasteiger partial charge in [0.1, 0.15) is 5.82 Å². The number of hydrogen-bond acceptors (Lipinski definition) is 3. The van der Waals surface area contributed by atoms with Gasteiger partial charge in [-0.3, -0.25) is 5.10 Å². The predicted octanol–water partition coefficient (Wildman–Crippen LogP) is 1.12. The van der Waals surface area contributed by atoms with Gasteiger partial charge >= 0.3 is 0 Å². The lowest BCUT2D eigenvalue weighted by Gasteiger charge is -2.04. The summed E-state index contributed by atoms with van der Waals surface area (Å²) in [7, 11) is 1.67. The third-order valence-electron chi connectivity index (χ3n) is 1.58. The molecule has 5 heteroatoms. The summed E-state index contributed by atoms with van der Waals surface area (Å²) in [6.45, 7) is 1.97. The van der Waals surface area contributed by atoms with Gasteiger partial charge in [-0.2, -0.15) is 5.10 Å². The van der Waals surface area contributed by atoms with Crippen LogP contribution in [0.1, 0.15) is 18.6 Å². The topological polar surface area (TPSA) is 50.8 Å². The highest BCUT2D eigenvalue weighted by molar-refractivity contribution is 6.16. The number of H-pyrrole nitrogens is 1. The van der Waals surface area contributed by atoms with Crippen LogP contribution in [-0.2, 0) is 17.0 Å². The zero-order chi connectivity index (χ0) is 8.97. The highest BCUT2D eigenvalue weighted by Gasteiger charge is 2.06. The minimum absolute atomic E-state index is 0.143. The highest BCUT2D eigenvalue weighted by atomic mass is 35.5. The summed E-state index contributed by atoms with van der Waals surface area (Å²) >= 11 is 5.55. The lowest BCUT2D eigenvalue weighted by atomic mass is 10.3. The SMILES string of the molecule is COC(C)Cc1n[nH]c(CCl)n1. The quantitative estimate of drug-likeness (QED) is 0.723. The van der Waals surface area contributed by atoms with Gasteiger partial charge in [-0.1, -0.05) is 0 Å². The summed E-state index contributed by atoms with van der Waals surface area (Å²) in [4.78, 5) is 4.14. The fraction of sp³-hybridized carbons (Fsp3) is 0.714. The second kappa shape index (κ2) is 4.42. The first-order chi connectivity index (χ1) is 5.76. The summed E-state index contributed by atoms with van der Waals surface area (Å²) in [5.41, 5.74) is 0. The van der Waals surface area contributed by atoms with Crippen molar-refractivity contribution in [2.24, 2.45) is 0 Å².